The summed E-state index contributed by atoms with van der Waals surface area (Å²) in [4.78, 5) is 4.17. The first-order valence-corrected chi connectivity index (χ1v) is 7.67. The van der Waals surface area contributed by atoms with E-state index in [-0.39, 0.29) is 0 Å². The van der Waals surface area contributed by atoms with Crippen LogP contribution in [0.25, 0.3) is 0 Å². The van der Waals surface area contributed by atoms with Gasteiger partial charge in [0.15, 0.2) is 0 Å². The number of hydrogen-bond acceptors (Lipinski definition) is 3. The molecule has 2 heterocycles. The largest absolute Gasteiger partial charge is 0.305 e. The number of nitrogens with zero attached hydrogens (tertiary/aromatic N) is 1. The van der Waals surface area contributed by atoms with Gasteiger partial charge in [0.05, 0.1) is 0 Å². The lowest BCUT2D eigenvalue weighted by Crippen LogP contribution is -2.35. The highest BCUT2D eigenvalue weighted by atomic mass is 32.1. The molecule has 1 aromatic heterocycles. The average Bonchev–Trinajstić information content (AvgIpc) is 2.86. The van der Waals surface area contributed by atoms with E-state index >= 15 is 0 Å². The van der Waals surface area contributed by atoms with Crippen LogP contribution in [0.2, 0.25) is 0 Å². The lowest BCUT2D eigenvalue weighted by atomic mass is 10.1. The molecule has 2 fully saturated rings. The molecule has 0 radical (unpaired) electrons. The maximum absolute atomic E-state index is 3.79. The van der Waals surface area contributed by atoms with Gasteiger partial charge in [0.1, 0.15) is 0 Å². The third-order valence-electron chi connectivity index (χ3n) is 4.09. The van der Waals surface area contributed by atoms with E-state index in [4.69, 9.17) is 0 Å². The minimum Gasteiger partial charge on any atom is -0.305 e. The summed E-state index contributed by atoms with van der Waals surface area (Å²) in [6, 6.07) is 7.25. The first-order chi connectivity index (χ1) is 8.24. The van der Waals surface area contributed by atoms with E-state index in [0.717, 1.165) is 12.1 Å². The Balaban J connectivity index is 1.56. The first-order valence-electron chi connectivity index (χ1n) is 6.79. The molecule has 94 valence electrons. The van der Waals surface area contributed by atoms with Crippen molar-refractivity contribution in [2.45, 2.75) is 57.3 Å². The summed E-state index contributed by atoms with van der Waals surface area (Å²) in [5.74, 6) is 0. The minimum atomic E-state index is 0.506. The summed E-state index contributed by atoms with van der Waals surface area (Å²) in [5.41, 5.74) is 0. The van der Waals surface area contributed by atoms with Crippen molar-refractivity contribution in [3.63, 3.8) is 0 Å². The Kier molecular flexibility index (Phi) is 3.24. The van der Waals surface area contributed by atoms with Crippen LogP contribution >= 0.6 is 11.3 Å². The Morgan fingerprint density at radius 2 is 2.29 bits per heavy atom. The molecule has 3 rings (SSSR count). The van der Waals surface area contributed by atoms with E-state index in [1.807, 2.05) is 11.3 Å². The fourth-order valence-corrected chi connectivity index (χ4v) is 3.81. The molecule has 2 nitrogen and oxygen atoms in total. The van der Waals surface area contributed by atoms with Crippen molar-refractivity contribution >= 4 is 11.3 Å². The van der Waals surface area contributed by atoms with Crippen molar-refractivity contribution in [3.8, 4) is 0 Å². The smallest absolute Gasteiger partial charge is 0.0388 e. The molecule has 17 heavy (non-hydrogen) atoms. The topological polar surface area (TPSA) is 15.3 Å². The number of hydrogen-bond donors (Lipinski definition) is 1. The van der Waals surface area contributed by atoms with Gasteiger partial charge < -0.3 is 5.32 Å². The summed E-state index contributed by atoms with van der Waals surface area (Å²) in [7, 11) is 0. The van der Waals surface area contributed by atoms with E-state index in [0.29, 0.717) is 12.1 Å². The van der Waals surface area contributed by atoms with Crippen LogP contribution in [0.15, 0.2) is 17.5 Å². The molecule has 0 amide bonds. The summed E-state index contributed by atoms with van der Waals surface area (Å²) < 4.78 is 0. The van der Waals surface area contributed by atoms with E-state index in [9.17, 15) is 0 Å². The van der Waals surface area contributed by atoms with Gasteiger partial charge in [0.25, 0.3) is 0 Å². The number of likely N-dealkylation sites (tertiary alicyclic amines) is 1. The van der Waals surface area contributed by atoms with Crippen molar-refractivity contribution in [3.05, 3.63) is 22.4 Å². The monoisotopic (exact) mass is 250 g/mol. The van der Waals surface area contributed by atoms with Crippen LogP contribution in [0.1, 0.15) is 44.0 Å². The van der Waals surface area contributed by atoms with Crippen molar-refractivity contribution in [2.75, 3.05) is 6.54 Å². The van der Waals surface area contributed by atoms with Crippen LogP contribution in [0.3, 0.4) is 0 Å². The minimum absolute atomic E-state index is 0.506. The Labute approximate surface area is 108 Å². The fourth-order valence-electron chi connectivity index (χ4n) is 3.07. The third kappa shape index (κ3) is 2.56. The highest BCUT2D eigenvalue weighted by Gasteiger charge is 2.38. The van der Waals surface area contributed by atoms with Crippen molar-refractivity contribution in [1.82, 2.24) is 10.2 Å². The Hall–Kier alpha value is -0.380. The van der Waals surface area contributed by atoms with Gasteiger partial charge in [-0.3, -0.25) is 4.90 Å². The van der Waals surface area contributed by atoms with Gasteiger partial charge in [-0.05, 0) is 44.6 Å². The maximum Gasteiger partial charge on any atom is 0.0388 e. The zero-order chi connectivity index (χ0) is 11.8. The Morgan fingerprint density at radius 3 is 2.94 bits per heavy atom. The van der Waals surface area contributed by atoms with Crippen molar-refractivity contribution < 1.29 is 0 Å². The highest BCUT2D eigenvalue weighted by Crippen LogP contribution is 2.34. The summed E-state index contributed by atoms with van der Waals surface area (Å²) in [5, 5.41) is 5.96. The summed E-state index contributed by atoms with van der Waals surface area (Å²) in [6.07, 6.45) is 4.17. The summed E-state index contributed by atoms with van der Waals surface area (Å²) >= 11 is 1.86. The summed E-state index contributed by atoms with van der Waals surface area (Å²) in [6.45, 7) is 5.92. The van der Waals surface area contributed by atoms with E-state index in [1.54, 1.807) is 0 Å². The van der Waals surface area contributed by atoms with Crippen molar-refractivity contribution in [1.29, 1.82) is 0 Å². The molecule has 1 aliphatic carbocycles. The molecule has 0 aromatic carbocycles. The van der Waals surface area contributed by atoms with Crippen LogP contribution in [0.4, 0.5) is 0 Å². The number of rotatable bonds is 4. The highest BCUT2D eigenvalue weighted by molar-refractivity contribution is 7.10. The standard InChI is InChI=1S/C14H22N2S/c1-10-8-12(9-16(10)13-5-6-13)15-11(2)14-4-3-7-17-14/h3-4,7,10-13,15H,5-6,8-9H2,1-2H3. The van der Waals surface area contributed by atoms with Gasteiger partial charge in [-0.25, -0.2) is 0 Å². The lowest BCUT2D eigenvalue weighted by Gasteiger charge is -2.20. The number of nitrogens with one attached hydrogen (secondary N) is 1. The van der Waals surface area contributed by atoms with Gasteiger partial charge in [-0.2, -0.15) is 0 Å². The SMILES string of the molecule is CC(NC1CC(C)N(C2CC2)C1)c1cccs1. The first kappa shape index (κ1) is 11.7. The number of thiophene rings is 1. The van der Waals surface area contributed by atoms with Crippen LogP contribution in [-0.4, -0.2) is 29.6 Å². The molecule has 0 spiro atoms. The second-order valence-electron chi connectivity index (χ2n) is 5.61. The van der Waals surface area contributed by atoms with E-state index in [2.05, 4.69) is 41.6 Å². The van der Waals surface area contributed by atoms with E-state index in [1.165, 1.54) is 30.7 Å². The van der Waals surface area contributed by atoms with Gasteiger partial charge in [-0.15, -0.1) is 11.3 Å². The molecule has 1 saturated heterocycles. The van der Waals surface area contributed by atoms with Gasteiger partial charge >= 0.3 is 0 Å². The quantitative estimate of drug-likeness (QED) is 0.883. The van der Waals surface area contributed by atoms with Gasteiger partial charge in [-0.1, -0.05) is 6.07 Å². The predicted molar refractivity (Wildman–Crippen MR) is 73.5 cm³/mol. The van der Waals surface area contributed by atoms with Crippen LogP contribution in [0, 0.1) is 0 Å². The van der Waals surface area contributed by atoms with Gasteiger partial charge in [0, 0.05) is 35.6 Å². The average molecular weight is 250 g/mol. The second-order valence-corrected chi connectivity index (χ2v) is 6.59. The van der Waals surface area contributed by atoms with Crippen LogP contribution in [0.5, 0.6) is 0 Å². The second kappa shape index (κ2) is 4.71. The van der Waals surface area contributed by atoms with Crippen LogP contribution < -0.4 is 5.32 Å². The molecule has 2 aliphatic rings. The zero-order valence-electron chi connectivity index (χ0n) is 10.7. The van der Waals surface area contributed by atoms with Gasteiger partial charge in [0.2, 0.25) is 0 Å². The van der Waals surface area contributed by atoms with E-state index < -0.39 is 0 Å². The maximum atomic E-state index is 3.79. The molecule has 1 aromatic rings. The third-order valence-corrected chi connectivity index (χ3v) is 5.15. The molecular weight excluding hydrogens is 228 g/mol. The molecule has 3 unspecified atom stereocenters. The molecule has 1 saturated carbocycles. The zero-order valence-corrected chi connectivity index (χ0v) is 11.5. The molecule has 3 atom stereocenters. The molecule has 1 aliphatic heterocycles. The Morgan fingerprint density at radius 1 is 1.47 bits per heavy atom. The normalized spacial score (nSPS) is 31.9. The molecule has 0 bridgehead atoms. The molecule has 1 N–H and O–H groups in total. The van der Waals surface area contributed by atoms with Crippen LogP contribution in [-0.2, 0) is 0 Å². The Bertz CT molecular complexity index is 358. The molecule has 3 heteroatoms. The predicted octanol–water partition coefficient (Wildman–Crippen LogP) is 3.02. The molecular formula is C14H22N2S. The lowest BCUT2D eigenvalue weighted by molar-refractivity contribution is 0.254. The van der Waals surface area contributed by atoms with Crippen molar-refractivity contribution in [2.24, 2.45) is 0 Å². The fraction of sp³-hybridized carbons (Fsp3) is 0.714.